The van der Waals surface area contributed by atoms with Crippen molar-refractivity contribution in [2.24, 2.45) is 17.3 Å². The molecule has 16 nitrogen and oxygen atoms in total. The number of anilines is 2. The zero-order valence-electron chi connectivity index (χ0n) is 39.3. The van der Waals surface area contributed by atoms with Gasteiger partial charge in [-0.1, -0.05) is 83.9 Å². The summed E-state index contributed by atoms with van der Waals surface area (Å²) in [5.74, 6) is -7.11. The van der Waals surface area contributed by atoms with Crippen LogP contribution < -0.4 is 9.80 Å². The lowest BCUT2D eigenvalue weighted by Crippen LogP contribution is -2.76. The molecule has 8 atom stereocenters. The molecule has 8 unspecified atom stereocenters. The zero-order valence-corrected chi connectivity index (χ0v) is 40.8. The Balaban J connectivity index is 1.14. The van der Waals surface area contributed by atoms with Crippen LogP contribution in [0.15, 0.2) is 145 Å². The van der Waals surface area contributed by atoms with Gasteiger partial charge in [0.1, 0.15) is 17.9 Å². The van der Waals surface area contributed by atoms with E-state index in [1.165, 1.54) is 36.4 Å². The van der Waals surface area contributed by atoms with Gasteiger partial charge in [0.15, 0.2) is 0 Å². The molecule has 18 heteroatoms. The van der Waals surface area contributed by atoms with Gasteiger partial charge in [-0.2, -0.15) is 0 Å². The monoisotopic (exact) mass is 1010 g/mol. The van der Waals surface area contributed by atoms with Crippen molar-refractivity contribution in [1.82, 2.24) is 9.80 Å². The second-order valence-corrected chi connectivity index (χ2v) is 19.1. The molecule has 0 N–H and O–H groups in total. The van der Waals surface area contributed by atoms with E-state index >= 15 is 14.4 Å². The Morgan fingerprint density at radius 2 is 1.17 bits per heavy atom. The minimum Gasteiger partial charge on any atom is -0.466 e. The smallest absolute Gasteiger partial charge is 0.339 e. The number of ether oxygens (including phenoxy) is 6. The fourth-order valence-electron chi connectivity index (χ4n) is 11.8. The van der Waals surface area contributed by atoms with Crippen LogP contribution in [0.5, 0.6) is 0 Å². The highest BCUT2D eigenvalue weighted by molar-refractivity contribution is 6.31. The lowest BCUT2D eigenvalue weighted by atomic mass is 9.53. The van der Waals surface area contributed by atoms with Gasteiger partial charge in [0.25, 0.3) is 11.8 Å². The van der Waals surface area contributed by atoms with Crippen LogP contribution in [-0.2, 0) is 81.5 Å². The van der Waals surface area contributed by atoms with E-state index in [0.717, 1.165) is 11.1 Å². The minimum atomic E-state index is -2.25. The SMILES string of the molecule is CCOC(=O)C1=CC2N3C=C(C(=O)OC)C4(OC3C1C1C3OC5(C(=O)N(Cc6ccccc6)c6ccc(Cl)cc65)C(C(=O)OC)=CN3C=CC12C(=O)OCC)C(=O)N(Cc1ccccc1)c1ccc(Cl)cc14. The molecular formula is C54H46Cl2N4O12. The van der Waals surface area contributed by atoms with Crippen LogP contribution >= 0.6 is 23.2 Å². The number of hydrogen-bond acceptors (Lipinski definition) is 14. The number of carbonyl (C=O) groups is 6. The van der Waals surface area contributed by atoms with E-state index in [1.807, 2.05) is 60.7 Å². The summed E-state index contributed by atoms with van der Waals surface area (Å²) in [6, 6.07) is 27.0. The molecule has 368 valence electrons. The summed E-state index contributed by atoms with van der Waals surface area (Å²) < 4.78 is 37.2. The van der Waals surface area contributed by atoms with Gasteiger partial charge in [-0.25, -0.2) is 14.4 Å². The number of methoxy groups -OCH3 is 2. The van der Waals surface area contributed by atoms with Crippen molar-refractivity contribution in [3.05, 3.63) is 177 Å². The summed E-state index contributed by atoms with van der Waals surface area (Å²) in [7, 11) is 2.37. The summed E-state index contributed by atoms with van der Waals surface area (Å²) in [5, 5.41) is 0.473. The number of amides is 2. The van der Waals surface area contributed by atoms with Gasteiger partial charge in [0.2, 0.25) is 11.2 Å². The molecule has 0 saturated carbocycles. The Labute approximate surface area is 423 Å². The largest absolute Gasteiger partial charge is 0.466 e. The van der Waals surface area contributed by atoms with Gasteiger partial charge in [0, 0.05) is 57.2 Å². The van der Waals surface area contributed by atoms with E-state index in [9.17, 15) is 14.4 Å². The maximum absolute atomic E-state index is 15.7. The molecule has 7 heterocycles. The number of hydrogen-bond donors (Lipinski definition) is 0. The average Bonchev–Trinajstić information content (AvgIpc) is 3.74. The van der Waals surface area contributed by atoms with E-state index in [-0.39, 0.29) is 64.2 Å². The first-order chi connectivity index (χ1) is 34.8. The first-order valence-electron chi connectivity index (χ1n) is 23.4. The molecular weight excluding hydrogens is 968 g/mol. The number of piperidine rings is 1. The highest BCUT2D eigenvalue weighted by Gasteiger charge is 2.75. The standard InChI is InChI=1S/C54H46Cl2N4O12/c1-5-69-46(61)34-25-41-52(51(66)70-6-2)21-22-57-28-37(47(62)67-3)53(35-23-32(55)17-19-39(35)58(49(53)64)26-30-13-9-7-10-14-30)72-45(57)43(52)42(34)44-60(41)29-38(48(63)68-4)54(71-44)36-24-33(56)18-20-40(36)59(50(54)65)27-31-15-11-8-12-16-31/h7-25,28-29,41-45H,5-6,26-27H2,1-4H3. The third kappa shape index (κ3) is 6.58. The quantitative estimate of drug-likeness (QED) is 0.120. The molecule has 2 bridgehead atoms. The highest BCUT2D eigenvalue weighted by Crippen LogP contribution is 2.65. The normalized spacial score (nSPS) is 28.1. The van der Waals surface area contributed by atoms with Crippen LogP contribution in [0.25, 0.3) is 0 Å². The Morgan fingerprint density at radius 1 is 0.653 bits per heavy atom. The maximum Gasteiger partial charge on any atom is 0.339 e. The predicted molar refractivity (Wildman–Crippen MR) is 259 cm³/mol. The molecule has 8 aliphatic rings. The lowest BCUT2D eigenvalue weighted by molar-refractivity contribution is -0.263. The average molecular weight is 1010 g/mol. The molecule has 72 heavy (non-hydrogen) atoms. The molecule has 2 amide bonds. The third-order valence-electron chi connectivity index (χ3n) is 14.7. The molecule has 0 aromatic heterocycles. The first-order valence-corrected chi connectivity index (χ1v) is 24.1. The molecule has 1 aliphatic carbocycles. The second-order valence-electron chi connectivity index (χ2n) is 18.2. The Morgan fingerprint density at radius 3 is 1.68 bits per heavy atom. The summed E-state index contributed by atoms with van der Waals surface area (Å²) in [6.07, 6.45) is 4.92. The van der Waals surface area contributed by atoms with Crippen molar-refractivity contribution in [1.29, 1.82) is 0 Å². The summed E-state index contributed by atoms with van der Waals surface area (Å²) in [6.45, 7) is 3.36. The van der Waals surface area contributed by atoms with Gasteiger partial charge in [-0.3, -0.25) is 14.4 Å². The molecule has 1 fully saturated rings. The summed E-state index contributed by atoms with van der Waals surface area (Å²) in [5.41, 5.74) is -3.80. The Hall–Kier alpha value is -7.24. The number of nitrogens with zero attached hydrogens (tertiary/aromatic N) is 4. The molecule has 12 rings (SSSR count). The molecule has 4 aromatic rings. The van der Waals surface area contributed by atoms with Crippen molar-refractivity contribution in [3.8, 4) is 0 Å². The highest BCUT2D eigenvalue weighted by atomic mass is 35.5. The number of halogens is 2. The first kappa shape index (κ1) is 47.1. The van der Waals surface area contributed by atoms with Crippen molar-refractivity contribution in [2.75, 3.05) is 37.2 Å². The van der Waals surface area contributed by atoms with Gasteiger partial charge >= 0.3 is 23.9 Å². The van der Waals surface area contributed by atoms with Crippen LogP contribution in [0.4, 0.5) is 11.4 Å². The van der Waals surface area contributed by atoms with Crippen LogP contribution in [-0.4, -0.2) is 91.4 Å². The van der Waals surface area contributed by atoms with E-state index in [0.29, 0.717) is 11.4 Å². The van der Waals surface area contributed by atoms with Crippen LogP contribution in [0.3, 0.4) is 0 Å². The van der Waals surface area contributed by atoms with Crippen molar-refractivity contribution >= 4 is 70.3 Å². The number of fused-ring (bicyclic) bond motifs is 5. The van der Waals surface area contributed by atoms with Gasteiger partial charge in [-0.15, -0.1) is 0 Å². The van der Waals surface area contributed by atoms with Crippen molar-refractivity contribution < 1.29 is 57.2 Å². The van der Waals surface area contributed by atoms with E-state index in [1.54, 1.807) is 78.4 Å². The van der Waals surface area contributed by atoms with Gasteiger partial charge in [-0.05, 0) is 73.5 Å². The molecule has 2 spiro atoms. The number of rotatable bonds is 10. The van der Waals surface area contributed by atoms with Crippen LogP contribution in [0.1, 0.15) is 36.1 Å². The fraction of sp³-hybridized carbons (Fsp3) is 0.296. The second kappa shape index (κ2) is 17.5. The van der Waals surface area contributed by atoms with Crippen LogP contribution in [0, 0.1) is 17.3 Å². The number of esters is 4. The van der Waals surface area contributed by atoms with E-state index < -0.39 is 82.6 Å². The lowest BCUT2D eigenvalue weighted by Gasteiger charge is -2.65. The fourth-order valence-corrected chi connectivity index (χ4v) is 12.2. The van der Waals surface area contributed by atoms with Gasteiger partial charge < -0.3 is 48.0 Å². The topological polar surface area (TPSA) is 171 Å². The third-order valence-corrected chi connectivity index (χ3v) is 15.2. The van der Waals surface area contributed by atoms with E-state index in [2.05, 4.69) is 0 Å². The Bertz CT molecular complexity index is 3130. The van der Waals surface area contributed by atoms with E-state index in [4.69, 9.17) is 51.6 Å². The molecule has 0 radical (unpaired) electrons. The Kier molecular flexibility index (Phi) is 11.5. The maximum atomic E-state index is 15.7. The number of carbonyl (C=O) groups excluding carboxylic acids is 6. The predicted octanol–water partition coefficient (Wildman–Crippen LogP) is 6.80. The van der Waals surface area contributed by atoms with Gasteiger partial charge in [0.05, 0.1) is 69.1 Å². The summed E-state index contributed by atoms with van der Waals surface area (Å²) in [4.78, 5) is 96.0. The summed E-state index contributed by atoms with van der Waals surface area (Å²) >= 11 is 13.5. The molecule has 7 aliphatic heterocycles. The molecule has 4 aromatic carbocycles. The zero-order chi connectivity index (χ0) is 50.4. The minimum absolute atomic E-state index is 0.0325. The number of benzene rings is 4. The van der Waals surface area contributed by atoms with Crippen molar-refractivity contribution in [2.45, 2.75) is 56.6 Å². The van der Waals surface area contributed by atoms with Crippen LogP contribution in [0.2, 0.25) is 10.0 Å². The van der Waals surface area contributed by atoms with Crippen molar-refractivity contribution in [3.63, 3.8) is 0 Å². The molecule has 1 saturated heterocycles.